The number of carbonyl (C=O) groups is 2. The number of esters is 1. The number of carbonyl (C=O) groups excluding carboxylic acids is 2. The van der Waals surface area contributed by atoms with E-state index in [4.69, 9.17) is 25.0 Å². The lowest BCUT2D eigenvalue weighted by atomic mass is 9.77. The van der Waals surface area contributed by atoms with E-state index >= 15 is 0 Å². The van der Waals surface area contributed by atoms with E-state index in [0.717, 1.165) is 53.2 Å². The molecule has 1 saturated carbocycles. The average molecular weight is 526 g/mol. The molecular weight excluding hydrogens is 494 g/mol. The summed E-state index contributed by atoms with van der Waals surface area (Å²) in [6, 6.07) is 21.7. The lowest BCUT2D eigenvalue weighted by molar-refractivity contribution is -0.137. The van der Waals surface area contributed by atoms with E-state index in [9.17, 15) is 9.59 Å². The number of methoxy groups -OCH3 is 2. The summed E-state index contributed by atoms with van der Waals surface area (Å²) >= 11 is 0. The van der Waals surface area contributed by atoms with Crippen LogP contribution in [-0.4, -0.2) is 43.4 Å². The number of nitrogen functional groups attached to an aromatic ring is 1. The fourth-order valence-electron chi connectivity index (χ4n) is 5.19. The van der Waals surface area contributed by atoms with Gasteiger partial charge in [-0.1, -0.05) is 30.3 Å². The number of amides is 1. The molecule has 1 heterocycles. The fourth-order valence-corrected chi connectivity index (χ4v) is 5.19. The van der Waals surface area contributed by atoms with Crippen molar-refractivity contribution in [2.45, 2.75) is 25.3 Å². The average Bonchev–Trinajstić information content (AvgIpc) is 3.37. The van der Waals surface area contributed by atoms with E-state index in [0.29, 0.717) is 11.3 Å². The Kier molecular flexibility index (Phi) is 7.63. The highest BCUT2D eigenvalue weighted by molar-refractivity contribution is 6.08. The van der Waals surface area contributed by atoms with Gasteiger partial charge in [-0.3, -0.25) is 4.79 Å². The van der Waals surface area contributed by atoms with Gasteiger partial charge in [0.15, 0.2) is 6.61 Å². The summed E-state index contributed by atoms with van der Waals surface area (Å²) in [7, 11) is 3.26. The summed E-state index contributed by atoms with van der Waals surface area (Å²) in [5.41, 5.74) is 10.5. The van der Waals surface area contributed by atoms with Gasteiger partial charge in [-0.05, 0) is 84.5 Å². The van der Waals surface area contributed by atoms with Crippen molar-refractivity contribution < 1.29 is 23.8 Å². The van der Waals surface area contributed by atoms with Crippen molar-refractivity contribution in [1.82, 2.24) is 5.01 Å². The first-order valence-electron chi connectivity index (χ1n) is 12.9. The van der Waals surface area contributed by atoms with Crippen LogP contribution in [0.3, 0.4) is 0 Å². The van der Waals surface area contributed by atoms with E-state index in [1.165, 1.54) is 11.1 Å². The quantitative estimate of drug-likeness (QED) is 0.333. The predicted molar refractivity (Wildman–Crippen MR) is 149 cm³/mol. The Bertz CT molecular complexity index is 1410. The first kappa shape index (κ1) is 26.0. The Hall–Kier alpha value is -4.59. The third-order valence-corrected chi connectivity index (χ3v) is 7.12. The molecule has 200 valence electrons. The summed E-state index contributed by atoms with van der Waals surface area (Å²) in [6.45, 7) is -0.429. The molecule has 2 unspecified atom stereocenters. The molecule has 0 bridgehead atoms. The van der Waals surface area contributed by atoms with Gasteiger partial charge in [-0.2, -0.15) is 5.10 Å². The van der Waals surface area contributed by atoms with Crippen molar-refractivity contribution in [2.75, 3.05) is 26.6 Å². The minimum Gasteiger partial charge on any atom is -0.497 e. The Morgan fingerprint density at radius 3 is 2.36 bits per heavy atom. The molecule has 0 radical (unpaired) electrons. The molecule has 2 aliphatic rings. The molecule has 1 amide bonds. The van der Waals surface area contributed by atoms with Gasteiger partial charge in [-0.15, -0.1) is 0 Å². The van der Waals surface area contributed by atoms with Crippen LogP contribution in [0, 0.1) is 5.92 Å². The van der Waals surface area contributed by atoms with Gasteiger partial charge >= 0.3 is 5.97 Å². The number of nitrogens with zero attached hydrogens (tertiary/aromatic N) is 2. The molecule has 0 saturated heterocycles. The molecule has 1 aliphatic heterocycles. The molecule has 2 N–H and O–H groups in total. The van der Waals surface area contributed by atoms with Crippen LogP contribution >= 0.6 is 0 Å². The molecule has 2 atom stereocenters. The topological polar surface area (TPSA) is 103 Å². The SMILES string of the molecule is COc1ccc(C=C2CCCC3C2=NN(C(=O)COC(=O)c2cccc(N)c2)C3c2ccc(OC)cc2)cc1. The number of anilines is 1. The molecular formula is C31H31N3O5. The normalized spacial score (nSPS) is 19.3. The van der Waals surface area contributed by atoms with Crippen molar-refractivity contribution in [2.24, 2.45) is 11.0 Å². The second-order valence-electron chi connectivity index (χ2n) is 9.58. The maximum atomic E-state index is 13.5. The first-order chi connectivity index (χ1) is 19.0. The molecule has 3 aromatic carbocycles. The number of rotatable bonds is 7. The number of hydrogen-bond donors (Lipinski definition) is 1. The Morgan fingerprint density at radius 1 is 1.00 bits per heavy atom. The fraction of sp³-hybridized carbons (Fsp3) is 0.258. The number of fused-ring (bicyclic) bond motifs is 1. The van der Waals surface area contributed by atoms with E-state index in [1.54, 1.807) is 32.4 Å². The van der Waals surface area contributed by atoms with Crippen LogP contribution in [0.25, 0.3) is 6.08 Å². The molecule has 0 spiro atoms. The minimum absolute atomic E-state index is 0.0187. The van der Waals surface area contributed by atoms with Crippen molar-refractivity contribution in [1.29, 1.82) is 0 Å². The second kappa shape index (κ2) is 11.4. The summed E-state index contributed by atoms with van der Waals surface area (Å²) in [5, 5.41) is 6.34. The van der Waals surface area contributed by atoms with Crippen LogP contribution in [0.15, 0.2) is 83.5 Å². The lowest BCUT2D eigenvalue weighted by Crippen LogP contribution is -2.34. The number of hydrogen-bond acceptors (Lipinski definition) is 7. The van der Waals surface area contributed by atoms with Crippen molar-refractivity contribution in [3.8, 4) is 11.5 Å². The molecule has 1 fully saturated rings. The van der Waals surface area contributed by atoms with Crippen molar-refractivity contribution in [3.05, 3.63) is 95.1 Å². The van der Waals surface area contributed by atoms with Crippen LogP contribution in [-0.2, 0) is 9.53 Å². The highest BCUT2D eigenvalue weighted by Gasteiger charge is 2.43. The van der Waals surface area contributed by atoms with Gasteiger partial charge < -0.3 is 19.9 Å². The molecule has 1 aliphatic carbocycles. The van der Waals surface area contributed by atoms with Crippen LogP contribution in [0.1, 0.15) is 46.8 Å². The van der Waals surface area contributed by atoms with Crippen molar-refractivity contribution in [3.63, 3.8) is 0 Å². The molecule has 3 aromatic rings. The lowest BCUT2D eigenvalue weighted by Gasteiger charge is -2.29. The second-order valence-corrected chi connectivity index (χ2v) is 9.58. The van der Waals surface area contributed by atoms with Crippen molar-refractivity contribution >= 4 is 29.4 Å². The maximum absolute atomic E-state index is 13.5. The zero-order valence-electron chi connectivity index (χ0n) is 22.0. The van der Waals surface area contributed by atoms with Gasteiger partial charge in [0.25, 0.3) is 5.91 Å². The minimum atomic E-state index is -0.610. The van der Waals surface area contributed by atoms with Crippen LogP contribution in [0.5, 0.6) is 11.5 Å². The zero-order chi connectivity index (χ0) is 27.4. The number of benzene rings is 3. The van der Waals surface area contributed by atoms with Gasteiger partial charge in [0.2, 0.25) is 0 Å². The Morgan fingerprint density at radius 2 is 1.69 bits per heavy atom. The number of allylic oxidation sites excluding steroid dienone is 1. The maximum Gasteiger partial charge on any atom is 0.338 e. The summed E-state index contributed by atoms with van der Waals surface area (Å²) in [5.74, 6) is 0.543. The van der Waals surface area contributed by atoms with Crippen LogP contribution < -0.4 is 15.2 Å². The van der Waals surface area contributed by atoms with Gasteiger partial charge in [0, 0.05) is 11.6 Å². The van der Waals surface area contributed by atoms with Crippen LogP contribution in [0.4, 0.5) is 5.69 Å². The molecule has 8 heteroatoms. The Labute approximate surface area is 227 Å². The third-order valence-electron chi connectivity index (χ3n) is 7.12. The van der Waals surface area contributed by atoms with Crippen LogP contribution in [0.2, 0.25) is 0 Å². The number of hydrazone groups is 1. The predicted octanol–water partition coefficient (Wildman–Crippen LogP) is 5.27. The standard InChI is InChI=1S/C31H31N3O5/c1-37-25-13-9-20(10-14-25)17-22-5-4-8-27-29(22)33-34(30(27)21-11-15-26(38-2)16-12-21)28(35)19-39-31(36)23-6-3-7-24(32)18-23/h3,6-7,9-18,27,30H,4-5,8,19,32H2,1-2H3. The van der Waals surface area contributed by atoms with E-state index < -0.39 is 18.5 Å². The smallest absolute Gasteiger partial charge is 0.338 e. The van der Waals surface area contributed by atoms with Gasteiger partial charge in [0.05, 0.1) is 31.5 Å². The van der Waals surface area contributed by atoms with E-state index in [-0.39, 0.29) is 12.0 Å². The molecule has 8 nitrogen and oxygen atoms in total. The highest BCUT2D eigenvalue weighted by atomic mass is 16.5. The highest BCUT2D eigenvalue weighted by Crippen LogP contribution is 2.44. The zero-order valence-corrected chi connectivity index (χ0v) is 22.0. The van der Waals surface area contributed by atoms with Gasteiger partial charge in [-0.25, -0.2) is 9.80 Å². The summed E-state index contributed by atoms with van der Waals surface area (Å²) in [6.07, 6.45) is 4.86. The first-order valence-corrected chi connectivity index (χ1v) is 12.9. The molecule has 39 heavy (non-hydrogen) atoms. The number of ether oxygens (including phenoxy) is 3. The monoisotopic (exact) mass is 525 g/mol. The largest absolute Gasteiger partial charge is 0.497 e. The van der Waals surface area contributed by atoms with Gasteiger partial charge in [0.1, 0.15) is 11.5 Å². The van der Waals surface area contributed by atoms with E-state index in [1.807, 2.05) is 48.5 Å². The van der Waals surface area contributed by atoms with E-state index in [2.05, 4.69) is 6.08 Å². The summed E-state index contributed by atoms with van der Waals surface area (Å²) < 4.78 is 16.0. The Balaban J connectivity index is 1.43. The molecule has 0 aromatic heterocycles. The molecule has 5 rings (SSSR count). The number of nitrogens with two attached hydrogens (primary N) is 1. The third kappa shape index (κ3) is 5.65. The summed E-state index contributed by atoms with van der Waals surface area (Å²) in [4.78, 5) is 26.1.